The van der Waals surface area contributed by atoms with E-state index in [9.17, 15) is 27.2 Å². The Labute approximate surface area is 196 Å². The van der Waals surface area contributed by atoms with Crippen LogP contribution in [0.15, 0.2) is 59.5 Å². The lowest BCUT2D eigenvalue weighted by atomic mass is 10.1. The van der Waals surface area contributed by atoms with Gasteiger partial charge in [0.25, 0.3) is 0 Å². The van der Waals surface area contributed by atoms with Crippen molar-refractivity contribution in [3.8, 4) is 0 Å². The maximum atomic E-state index is 13.8. The summed E-state index contributed by atoms with van der Waals surface area (Å²) in [5.41, 5.74) is 0.0741. The number of benzene rings is 3. The van der Waals surface area contributed by atoms with E-state index in [1.807, 2.05) is 5.32 Å². The molecule has 0 aliphatic heterocycles. The average Bonchev–Trinajstić information content (AvgIpc) is 2.77. The van der Waals surface area contributed by atoms with Gasteiger partial charge in [0.15, 0.2) is 23.3 Å². The van der Waals surface area contributed by atoms with E-state index in [-0.39, 0.29) is 18.4 Å². The molecular formula is C23H17ClF4N2O2S. The normalized spacial score (nSPS) is 11.7. The molecule has 0 fully saturated rings. The van der Waals surface area contributed by atoms with E-state index in [0.717, 1.165) is 17.3 Å². The fraction of sp³-hybridized carbons (Fsp3) is 0.130. The fourth-order valence-corrected chi connectivity index (χ4v) is 3.86. The summed E-state index contributed by atoms with van der Waals surface area (Å²) in [7, 11) is 0. The highest BCUT2D eigenvalue weighted by Crippen LogP contribution is 2.29. The van der Waals surface area contributed by atoms with E-state index in [1.54, 1.807) is 48.5 Å². The van der Waals surface area contributed by atoms with Crippen molar-refractivity contribution in [3.05, 3.63) is 88.5 Å². The minimum Gasteiger partial charge on any atom is -0.326 e. The van der Waals surface area contributed by atoms with Crippen LogP contribution < -0.4 is 10.6 Å². The largest absolute Gasteiger partial charge is 0.326 e. The number of hydrogen-bond acceptors (Lipinski definition) is 3. The highest BCUT2D eigenvalue weighted by Gasteiger charge is 2.23. The van der Waals surface area contributed by atoms with Crippen molar-refractivity contribution in [2.75, 3.05) is 10.6 Å². The Kier molecular flexibility index (Phi) is 7.99. The van der Waals surface area contributed by atoms with Crippen molar-refractivity contribution in [3.63, 3.8) is 0 Å². The van der Waals surface area contributed by atoms with Gasteiger partial charge in [0.2, 0.25) is 11.8 Å². The molecule has 10 heteroatoms. The SMILES string of the molecule is CC(Sc1cccc(NC(=O)Cc2ccc(Cl)cc2)c1)C(=O)Nc1c(F)c(F)cc(F)c1F. The van der Waals surface area contributed by atoms with E-state index in [1.165, 1.54) is 6.92 Å². The van der Waals surface area contributed by atoms with Crippen LogP contribution in [-0.4, -0.2) is 17.1 Å². The number of halogens is 5. The van der Waals surface area contributed by atoms with Crippen molar-refractivity contribution in [2.24, 2.45) is 0 Å². The van der Waals surface area contributed by atoms with Gasteiger partial charge in [0, 0.05) is 21.7 Å². The monoisotopic (exact) mass is 496 g/mol. The number of anilines is 2. The molecule has 3 aromatic carbocycles. The molecule has 0 spiro atoms. The van der Waals surface area contributed by atoms with Crippen LogP contribution in [0.25, 0.3) is 0 Å². The van der Waals surface area contributed by atoms with Gasteiger partial charge < -0.3 is 10.6 Å². The van der Waals surface area contributed by atoms with Crippen LogP contribution in [0.2, 0.25) is 5.02 Å². The second-order valence-electron chi connectivity index (χ2n) is 6.97. The lowest BCUT2D eigenvalue weighted by Crippen LogP contribution is -2.24. The molecular weight excluding hydrogens is 480 g/mol. The van der Waals surface area contributed by atoms with Crippen LogP contribution in [0, 0.1) is 23.3 Å². The fourth-order valence-electron chi connectivity index (χ4n) is 2.81. The molecule has 3 rings (SSSR count). The zero-order valence-corrected chi connectivity index (χ0v) is 18.7. The number of nitrogens with one attached hydrogen (secondary N) is 2. The molecule has 0 aliphatic carbocycles. The smallest absolute Gasteiger partial charge is 0.237 e. The molecule has 0 aliphatic rings. The molecule has 33 heavy (non-hydrogen) atoms. The number of rotatable bonds is 7. The summed E-state index contributed by atoms with van der Waals surface area (Å²) >= 11 is 6.86. The zero-order valence-electron chi connectivity index (χ0n) is 17.1. The lowest BCUT2D eigenvalue weighted by molar-refractivity contribution is -0.116. The summed E-state index contributed by atoms with van der Waals surface area (Å²) < 4.78 is 54.3. The molecule has 0 saturated heterocycles. The first kappa shape index (κ1) is 24.6. The molecule has 1 atom stereocenters. The third-order valence-corrected chi connectivity index (χ3v) is 5.78. The van der Waals surface area contributed by atoms with Crippen LogP contribution in [-0.2, 0) is 16.0 Å². The second-order valence-corrected chi connectivity index (χ2v) is 8.82. The van der Waals surface area contributed by atoms with Gasteiger partial charge in [0.05, 0.1) is 11.7 Å². The molecule has 0 heterocycles. The Morgan fingerprint density at radius 2 is 1.58 bits per heavy atom. The van der Waals surface area contributed by atoms with Crippen LogP contribution in [0.3, 0.4) is 0 Å². The minimum atomic E-state index is -1.69. The minimum absolute atomic E-state index is 0.0607. The zero-order chi connectivity index (χ0) is 24.1. The van der Waals surface area contributed by atoms with Gasteiger partial charge in [0.1, 0.15) is 5.69 Å². The van der Waals surface area contributed by atoms with E-state index in [4.69, 9.17) is 11.6 Å². The maximum Gasteiger partial charge on any atom is 0.237 e. The van der Waals surface area contributed by atoms with Crippen molar-refractivity contribution in [1.29, 1.82) is 0 Å². The summed E-state index contributed by atoms with van der Waals surface area (Å²) in [6, 6.07) is 13.5. The number of amides is 2. The maximum absolute atomic E-state index is 13.8. The average molecular weight is 497 g/mol. The van der Waals surface area contributed by atoms with Gasteiger partial charge in [-0.3, -0.25) is 9.59 Å². The first-order valence-corrected chi connectivity index (χ1v) is 10.8. The van der Waals surface area contributed by atoms with Crippen LogP contribution >= 0.6 is 23.4 Å². The summed E-state index contributed by atoms with van der Waals surface area (Å²) in [4.78, 5) is 25.2. The van der Waals surface area contributed by atoms with Crippen molar-refractivity contribution in [2.45, 2.75) is 23.5 Å². The van der Waals surface area contributed by atoms with Crippen LogP contribution in [0.5, 0.6) is 0 Å². The molecule has 3 aromatic rings. The van der Waals surface area contributed by atoms with Crippen molar-refractivity contribution < 1.29 is 27.2 Å². The lowest BCUT2D eigenvalue weighted by Gasteiger charge is -2.14. The molecule has 0 bridgehead atoms. The Hall–Kier alpha value is -3.04. The number of thioether (sulfide) groups is 1. The molecule has 172 valence electrons. The second kappa shape index (κ2) is 10.7. The number of hydrogen-bond donors (Lipinski definition) is 2. The molecule has 0 radical (unpaired) electrons. The third kappa shape index (κ3) is 6.49. The van der Waals surface area contributed by atoms with E-state index in [2.05, 4.69) is 5.32 Å². The van der Waals surface area contributed by atoms with Gasteiger partial charge in [-0.1, -0.05) is 29.8 Å². The number of carbonyl (C=O) groups is 2. The highest BCUT2D eigenvalue weighted by atomic mass is 35.5. The van der Waals surface area contributed by atoms with Gasteiger partial charge in [-0.2, -0.15) is 0 Å². The predicted octanol–water partition coefficient (Wildman–Crippen LogP) is 6.20. The van der Waals surface area contributed by atoms with Crippen molar-refractivity contribution in [1.82, 2.24) is 0 Å². The summed E-state index contributed by atoms with van der Waals surface area (Å²) in [6.07, 6.45) is 0.134. The number of carbonyl (C=O) groups excluding carboxylic acids is 2. The van der Waals surface area contributed by atoms with E-state index >= 15 is 0 Å². The highest BCUT2D eigenvalue weighted by molar-refractivity contribution is 8.00. The Morgan fingerprint density at radius 3 is 2.21 bits per heavy atom. The molecule has 2 N–H and O–H groups in total. The van der Waals surface area contributed by atoms with Crippen LogP contribution in [0.1, 0.15) is 12.5 Å². The standard InChI is InChI=1S/C23H17ClF4N2O2S/c1-12(23(32)30-22-20(27)17(25)11-18(26)21(22)28)33-16-4-2-3-15(10-16)29-19(31)9-13-5-7-14(24)8-6-13/h2-8,10-12H,9H2,1H3,(H,29,31)(H,30,32). The van der Waals surface area contributed by atoms with Gasteiger partial charge in [-0.15, -0.1) is 11.8 Å². The van der Waals surface area contributed by atoms with Gasteiger partial charge in [-0.25, -0.2) is 17.6 Å². The summed E-state index contributed by atoms with van der Waals surface area (Å²) in [6.45, 7) is 1.46. The molecule has 2 amide bonds. The van der Waals surface area contributed by atoms with E-state index < -0.39 is 40.1 Å². The Balaban J connectivity index is 1.63. The molecule has 0 aromatic heterocycles. The summed E-state index contributed by atoms with van der Waals surface area (Å²) in [5, 5.41) is 4.32. The molecule has 4 nitrogen and oxygen atoms in total. The predicted molar refractivity (Wildman–Crippen MR) is 120 cm³/mol. The van der Waals surface area contributed by atoms with E-state index in [0.29, 0.717) is 15.6 Å². The quantitative estimate of drug-likeness (QED) is 0.233. The van der Waals surface area contributed by atoms with Crippen LogP contribution in [0.4, 0.5) is 28.9 Å². The third-order valence-electron chi connectivity index (χ3n) is 4.44. The Bertz CT molecular complexity index is 1170. The Morgan fingerprint density at radius 1 is 0.939 bits per heavy atom. The molecule has 0 saturated carbocycles. The first-order chi connectivity index (χ1) is 15.6. The van der Waals surface area contributed by atoms with Gasteiger partial charge in [-0.05, 0) is 42.8 Å². The molecule has 1 unspecified atom stereocenters. The van der Waals surface area contributed by atoms with Gasteiger partial charge >= 0.3 is 0 Å². The topological polar surface area (TPSA) is 58.2 Å². The van der Waals surface area contributed by atoms with Crippen molar-refractivity contribution >= 4 is 46.6 Å². The summed E-state index contributed by atoms with van der Waals surface area (Å²) in [5.74, 6) is -7.74. The first-order valence-electron chi connectivity index (χ1n) is 9.59.